The van der Waals surface area contributed by atoms with Crippen LogP contribution >= 0.6 is 31.9 Å². The van der Waals surface area contributed by atoms with Crippen LogP contribution in [0.15, 0.2) is 39.5 Å². The summed E-state index contributed by atoms with van der Waals surface area (Å²) in [6, 6.07) is 5.79. The Morgan fingerprint density at radius 3 is 2.80 bits per heavy atom. The molecule has 6 heteroatoms. The molecule has 0 unspecified atom stereocenters. The Bertz CT molecular complexity index is 590. The minimum atomic E-state index is 0.0861. The minimum absolute atomic E-state index is 0.0861. The number of halogens is 2. The van der Waals surface area contributed by atoms with Crippen molar-refractivity contribution in [3.63, 3.8) is 0 Å². The fourth-order valence-corrected chi connectivity index (χ4v) is 2.72. The van der Waals surface area contributed by atoms with Crippen LogP contribution < -0.4 is 10.1 Å². The summed E-state index contributed by atoms with van der Waals surface area (Å²) < 4.78 is 7.57. The van der Waals surface area contributed by atoms with Crippen LogP contribution in [0.1, 0.15) is 19.5 Å². The largest absolute Gasteiger partial charge is 0.473 e. The molecule has 0 amide bonds. The first-order valence-electron chi connectivity index (χ1n) is 6.21. The predicted octanol–water partition coefficient (Wildman–Crippen LogP) is 4.40. The summed E-state index contributed by atoms with van der Waals surface area (Å²) in [7, 11) is 0. The lowest BCUT2D eigenvalue weighted by Crippen LogP contribution is -2.10. The lowest BCUT2D eigenvalue weighted by molar-refractivity contribution is 0.234. The van der Waals surface area contributed by atoms with E-state index in [0.717, 1.165) is 20.3 Å². The molecule has 0 aliphatic heterocycles. The van der Waals surface area contributed by atoms with Crippen LogP contribution in [-0.2, 0) is 6.54 Å². The molecule has 0 radical (unpaired) electrons. The Morgan fingerprint density at radius 2 is 2.10 bits per heavy atom. The molecule has 2 rings (SSSR count). The van der Waals surface area contributed by atoms with Crippen LogP contribution in [0.25, 0.3) is 0 Å². The van der Waals surface area contributed by atoms with E-state index in [1.807, 2.05) is 32.0 Å². The molecule has 0 fully saturated rings. The van der Waals surface area contributed by atoms with Crippen molar-refractivity contribution in [2.24, 2.45) is 0 Å². The monoisotopic (exact) mass is 399 g/mol. The van der Waals surface area contributed by atoms with Crippen LogP contribution in [0.3, 0.4) is 0 Å². The Hall–Kier alpha value is -1.14. The van der Waals surface area contributed by atoms with Gasteiger partial charge in [0, 0.05) is 21.3 Å². The average Bonchev–Trinajstić information content (AvgIpc) is 2.39. The standard InChI is InChI=1S/C14H15Br2N3O/c1-9(2)20-14-12(4-3-5-17-14)19-8-13-11(16)6-10(15)7-18-13/h3-7,9,19H,8H2,1-2H3. The summed E-state index contributed by atoms with van der Waals surface area (Å²) in [5.74, 6) is 0.607. The summed E-state index contributed by atoms with van der Waals surface area (Å²) in [6.45, 7) is 4.55. The number of nitrogens with one attached hydrogen (secondary N) is 1. The van der Waals surface area contributed by atoms with Gasteiger partial charge in [-0.25, -0.2) is 4.98 Å². The Morgan fingerprint density at radius 1 is 1.30 bits per heavy atom. The highest BCUT2D eigenvalue weighted by Gasteiger charge is 2.08. The van der Waals surface area contributed by atoms with Gasteiger partial charge in [0.1, 0.15) is 0 Å². The smallest absolute Gasteiger partial charge is 0.237 e. The highest BCUT2D eigenvalue weighted by Crippen LogP contribution is 2.24. The molecule has 0 saturated carbocycles. The number of anilines is 1. The molecular formula is C14H15Br2N3O. The molecule has 20 heavy (non-hydrogen) atoms. The van der Waals surface area contributed by atoms with Crippen LogP contribution in [-0.4, -0.2) is 16.1 Å². The average molecular weight is 401 g/mol. The lowest BCUT2D eigenvalue weighted by Gasteiger charge is -2.14. The third kappa shape index (κ3) is 4.18. The normalized spacial score (nSPS) is 10.7. The molecule has 0 aliphatic carbocycles. The predicted molar refractivity (Wildman–Crippen MR) is 87.0 cm³/mol. The number of rotatable bonds is 5. The summed E-state index contributed by atoms with van der Waals surface area (Å²) in [4.78, 5) is 8.61. The van der Waals surface area contributed by atoms with Crippen LogP contribution in [0.2, 0.25) is 0 Å². The Labute approximate surface area is 135 Å². The quantitative estimate of drug-likeness (QED) is 0.807. The maximum Gasteiger partial charge on any atom is 0.237 e. The van der Waals surface area contributed by atoms with E-state index in [1.165, 1.54) is 0 Å². The van der Waals surface area contributed by atoms with Gasteiger partial charge in [0.05, 0.1) is 24.0 Å². The molecule has 0 spiro atoms. The summed E-state index contributed by atoms with van der Waals surface area (Å²) in [5.41, 5.74) is 1.78. The molecule has 2 aromatic rings. The second-order valence-corrected chi connectivity index (χ2v) is 6.23. The first kappa shape index (κ1) is 15.3. The second kappa shape index (κ2) is 7.04. The molecule has 2 aromatic heterocycles. The first-order valence-corrected chi connectivity index (χ1v) is 7.80. The summed E-state index contributed by atoms with van der Waals surface area (Å²) in [5, 5.41) is 3.30. The SMILES string of the molecule is CC(C)Oc1ncccc1NCc1ncc(Br)cc1Br. The first-order chi connectivity index (χ1) is 9.56. The maximum absolute atomic E-state index is 5.67. The molecule has 0 bridgehead atoms. The lowest BCUT2D eigenvalue weighted by atomic mass is 10.3. The van der Waals surface area contributed by atoms with Crippen LogP contribution in [0.5, 0.6) is 5.88 Å². The van der Waals surface area contributed by atoms with E-state index < -0.39 is 0 Å². The number of hydrogen-bond donors (Lipinski definition) is 1. The fourth-order valence-electron chi connectivity index (χ4n) is 1.59. The molecule has 0 aromatic carbocycles. The van der Waals surface area contributed by atoms with E-state index in [2.05, 4.69) is 47.1 Å². The Kier molecular flexibility index (Phi) is 5.37. The van der Waals surface area contributed by atoms with Gasteiger partial charge < -0.3 is 10.1 Å². The van der Waals surface area contributed by atoms with E-state index in [-0.39, 0.29) is 6.10 Å². The van der Waals surface area contributed by atoms with Gasteiger partial charge in [-0.3, -0.25) is 4.98 Å². The highest BCUT2D eigenvalue weighted by atomic mass is 79.9. The van der Waals surface area contributed by atoms with Gasteiger partial charge in [-0.2, -0.15) is 0 Å². The minimum Gasteiger partial charge on any atom is -0.473 e. The van der Waals surface area contributed by atoms with Gasteiger partial charge in [0.25, 0.3) is 0 Å². The van der Waals surface area contributed by atoms with Crippen LogP contribution in [0.4, 0.5) is 5.69 Å². The highest BCUT2D eigenvalue weighted by molar-refractivity contribution is 9.11. The zero-order chi connectivity index (χ0) is 14.5. The molecule has 106 valence electrons. The zero-order valence-corrected chi connectivity index (χ0v) is 14.4. The van der Waals surface area contributed by atoms with Gasteiger partial charge in [0.15, 0.2) is 0 Å². The van der Waals surface area contributed by atoms with Crippen molar-refractivity contribution in [3.05, 3.63) is 45.2 Å². The number of aromatic nitrogens is 2. The molecule has 4 nitrogen and oxygen atoms in total. The van der Waals surface area contributed by atoms with Crippen molar-refractivity contribution in [2.45, 2.75) is 26.5 Å². The van der Waals surface area contributed by atoms with Crippen molar-refractivity contribution in [2.75, 3.05) is 5.32 Å². The van der Waals surface area contributed by atoms with Gasteiger partial charge in [-0.05, 0) is 63.9 Å². The van der Waals surface area contributed by atoms with E-state index >= 15 is 0 Å². The van der Waals surface area contributed by atoms with Gasteiger partial charge in [-0.1, -0.05) is 0 Å². The van der Waals surface area contributed by atoms with E-state index in [0.29, 0.717) is 12.4 Å². The molecule has 1 N–H and O–H groups in total. The molecular weight excluding hydrogens is 386 g/mol. The Balaban J connectivity index is 2.10. The van der Waals surface area contributed by atoms with Crippen molar-refractivity contribution in [3.8, 4) is 5.88 Å². The van der Waals surface area contributed by atoms with Crippen molar-refractivity contribution < 1.29 is 4.74 Å². The van der Waals surface area contributed by atoms with E-state index in [9.17, 15) is 0 Å². The zero-order valence-electron chi connectivity index (χ0n) is 11.2. The molecule has 0 atom stereocenters. The van der Waals surface area contributed by atoms with E-state index in [1.54, 1.807) is 12.4 Å². The second-order valence-electron chi connectivity index (χ2n) is 4.46. The number of nitrogens with zero attached hydrogens (tertiary/aromatic N) is 2. The van der Waals surface area contributed by atoms with Gasteiger partial charge in [-0.15, -0.1) is 0 Å². The maximum atomic E-state index is 5.67. The third-order valence-electron chi connectivity index (χ3n) is 2.45. The van der Waals surface area contributed by atoms with Crippen molar-refractivity contribution in [1.82, 2.24) is 9.97 Å². The topological polar surface area (TPSA) is 47.0 Å². The van der Waals surface area contributed by atoms with Gasteiger partial charge >= 0.3 is 0 Å². The number of hydrogen-bond acceptors (Lipinski definition) is 4. The molecule has 0 saturated heterocycles. The summed E-state index contributed by atoms with van der Waals surface area (Å²) in [6.07, 6.45) is 3.58. The van der Waals surface area contributed by atoms with Crippen molar-refractivity contribution in [1.29, 1.82) is 0 Å². The third-order valence-corrected chi connectivity index (χ3v) is 3.57. The number of ether oxygens (including phenoxy) is 1. The van der Waals surface area contributed by atoms with Gasteiger partial charge in [0.2, 0.25) is 5.88 Å². The van der Waals surface area contributed by atoms with E-state index in [4.69, 9.17) is 4.74 Å². The summed E-state index contributed by atoms with van der Waals surface area (Å²) >= 11 is 6.89. The molecule has 0 aliphatic rings. The number of pyridine rings is 2. The van der Waals surface area contributed by atoms with Crippen molar-refractivity contribution >= 4 is 37.5 Å². The molecule has 2 heterocycles. The fraction of sp³-hybridized carbons (Fsp3) is 0.286. The van der Waals surface area contributed by atoms with Crippen LogP contribution in [0, 0.1) is 0 Å².